The highest BCUT2D eigenvalue weighted by Crippen LogP contribution is 2.65. The van der Waals surface area contributed by atoms with Gasteiger partial charge in [-0.2, -0.15) is 0 Å². The van der Waals surface area contributed by atoms with Crippen molar-refractivity contribution < 1.29 is 4.79 Å². The molecule has 0 aliphatic heterocycles. The summed E-state index contributed by atoms with van der Waals surface area (Å²) < 4.78 is 2.10. The molecule has 2 saturated carbocycles. The van der Waals surface area contributed by atoms with E-state index in [1.807, 2.05) is 13.3 Å². The third-order valence-corrected chi connectivity index (χ3v) is 4.85. The molecule has 1 N–H and O–H groups in total. The van der Waals surface area contributed by atoms with Gasteiger partial charge in [0.2, 0.25) is 5.91 Å². The molecular formula is C14H21N3O. The highest BCUT2D eigenvalue weighted by atomic mass is 16.2. The first-order chi connectivity index (χ1) is 8.62. The van der Waals surface area contributed by atoms with Crippen molar-refractivity contribution in [3.8, 4) is 0 Å². The highest BCUT2D eigenvalue weighted by Gasteiger charge is 2.60. The fourth-order valence-corrected chi connectivity index (χ4v) is 3.09. The fourth-order valence-electron chi connectivity index (χ4n) is 3.09. The largest absolute Gasteiger partial charge is 0.354 e. The lowest BCUT2D eigenvalue weighted by Gasteiger charge is -2.26. The Bertz CT molecular complexity index is 473. The van der Waals surface area contributed by atoms with Gasteiger partial charge in [-0.05, 0) is 38.5 Å². The lowest BCUT2D eigenvalue weighted by atomic mass is 9.80. The number of nitrogens with zero attached hydrogens (tertiary/aromatic N) is 2. The van der Waals surface area contributed by atoms with Crippen LogP contribution in [0.2, 0.25) is 0 Å². The minimum absolute atomic E-state index is 0.268. The van der Waals surface area contributed by atoms with Gasteiger partial charge in [-0.1, -0.05) is 6.42 Å². The first kappa shape index (κ1) is 11.8. The van der Waals surface area contributed by atoms with E-state index >= 15 is 0 Å². The van der Waals surface area contributed by atoms with E-state index in [1.54, 1.807) is 0 Å². The molecule has 1 atom stereocenters. The Kier molecular flexibility index (Phi) is 2.68. The molecule has 2 aliphatic carbocycles. The van der Waals surface area contributed by atoms with Crippen LogP contribution < -0.4 is 5.32 Å². The van der Waals surface area contributed by atoms with Crippen molar-refractivity contribution in [1.29, 1.82) is 0 Å². The Hall–Kier alpha value is -1.32. The summed E-state index contributed by atoms with van der Waals surface area (Å²) >= 11 is 0. The molecule has 1 aromatic heterocycles. The van der Waals surface area contributed by atoms with Crippen molar-refractivity contribution in [2.75, 3.05) is 6.54 Å². The molecule has 0 aromatic carbocycles. The quantitative estimate of drug-likeness (QED) is 0.882. The molecule has 0 radical (unpaired) electrons. The van der Waals surface area contributed by atoms with Gasteiger partial charge in [0, 0.05) is 24.7 Å². The van der Waals surface area contributed by atoms with Crippen molar-refractivity contribution in [3.05, 3.63) is 17.7 Å². The molecule has 0 bridgehead atoms. The van der Waals surface area contributed by atoms with E-state index in [2.05, 4.69) is 21.8 Å². The SMILES string of the molecule is Cc1ncn(CCNC(=O)C2CC23CCC3)c1C. The Balaban J connectivity index is 1.45. The van der Waals surface area contributed by atoms with Crippen LogP contribution in [0.4, 0.5) is 0 Å². The third kappa shape index (κ3) is 1.84. The molecule has 4 heteroatoms. The molecule has 0 saturated heterocycles. The number of nitrogens with one attached hydrogen (secondary N) is 1. The smallest absolute Gasteiger partial charge is 0.223 e. The Morgan fingerprint density at radius 2 is 2.33 bits per heavy atom. The standard InChI is InChI=1S/C14H21N3O/c1-10-11(2)17(9-16-10)7-6-15-13(18)12-8-14(12)4-3-5-14/h9,12H,3-8H2,1-2H3,(H,15,18). The van der Waals surface area contributed by atoms with Gasteiger partial charge in [0.05, 0.1) is 12.0 Å². The summed E-state index contributed by atoms with van der Waals surface area (Å²) in [5.74, 6) is 0.584. The van der Waals surface area contributed by atoms with E-state index < -0.39 is 0 Å². The maximum atomic E-state index is 12.0. The summed E-state index contributed by atoms with van der Waals surface area (Å²) in [7, 11) is 0. The van der Waals surface area contributed by atoms with Crippen molar-refractivity contribution >= 4 is 5.91 Å². The summed E-state index contributed by atoms with van der Waals surface area (Å²) in [6, 6.07) is 0. The predicted molar refractivity (Wildman–Crippen MR) is 69.1 cm³/mol. The van der Waals surface area contributed by atoms with E-state index in [0.29, 0.717) is 17.9 Å². The summed E-state index contributed by atoms with van der Waals surface area (Å²) in [5, 5.41) is 3.07. The molecule has 2 fully saturated rings. The molecule has 3 rings (SSSR count). The molecular weight excluding hydrogens is 226 g/mol. The van der Waals surface area contributed by atoms with E-state index in [1.165, 1.54) is 25.0 Å². The second-order valence-electron chi connectivity index (χ2n) is 5.87. The van der Waals surface area contributed by atoms with Crippen molar-refractivity contribution in [3.63, 3.8) is 0 Å². The number of aryl methyl sites for hydroxylation is 1. The van der Waals surface area contributed by atoms with Crippen molar-refractivity contribution in [2.24, 2.45) is 11.3 Å². The van der Waals surface area contributed by atoms with Gasteiger partial charge in [-0.15, -0.1) is 0 Å². The van der Waals surface area contributed by atoms with Gasteiger partial charge < -0.3 is 9.88 Å². The molecule has 4 nitrogen and oxygen atoms in total. The van der Waals surface area contributed by atoms with Crippen molar-refractivity contribution in [2.45, 2.75) is 46.1 Å². The average Bonchev–Trinajstić information content (AvgIpc) is 3.01. The summed E-state index contributed by atoms with van der Waals surface area (Å²) in [6.07, 6.45) is 6.83. The summed E-state index contributed by atoms with van der Waals surface area (Å²) in [6.45, 7) is 5.60. The van der Waals surface area contributed by atoms with Gasteiger partial charge in [0.1, 0.15) is 0 Å². The van der Waals surface area contributed by atoms with E-state index in [4.69, 9.17) is 0 Å². The first-order valence-corrected chi connectivity index (χ1v) is 6.88. The van der Waals surface area contributed by atoms with Crippen LogP contribution in [0, 0.1) is 25.2 Å². The lowest BCUT2D eigenvalue weighted by Crippen LogP contribution is -2.31. The Labute approximate surface area is 108 Å². The zero-order chi connectivity index (χ0) is 12.8. The maximum absolute atomic E-state index is 12.0. The van der Waals surface area contributed by atoms with E-state index in [-0.39, 0.29) is 5.91 Å². The number of imidazole rings is 1. The van der Waals surface area contributed by atoms with Crippen LogP contribution in [-0.2, 0) is 11.3 Å². The van der Waals surface area contributed by atoms with Gasteiger partial charge in [-0.3, -0.25) is 4.79 Å². The number of aromatic nitrogens is 2. The minimum Gasteiger partial charge on any atom is -0.354 e. The van der Waals surface area contributed by atoms with E-state index in [0.717, 1.165) is 18.7 Å². The van der Waals surface area contributed by atoms with Crippen LogP contribution in [-0.4, -0.2) is 22.0 Å². The Morgan fingerprint density at radius 1 is 1.56 bits per heavy atom. The van der Waals surface area contributed by atoms with Gasteiger partial charge >= 0.3 is 0 Å². The van der Waals surface area contributed by atoms with Crippen LogP contribution in [0.15, 0.2) is 6.33 Å². The molecule has 1 heterocycles. The fraction of sp³-hybridized carbons (Fsp3) is 0.714. The topological polar surface area (TPSA) is 46.9 Å². The molecule has 1 spiro atoms. The van der Waals surface area contributed by atoms with Crippen LogP contribution in [0.5, 0.6) is 0 Å². The monoisotopic (exact) mass is 247 g/mol. The number of rotatable bonds is 4. The average molecular weight is 247 g/mol. The highest BCUT2D eigenvalue weighted by molar-refractivity contribution is 5.82. The minimum atomic E-state index is 0.268. The zero-order valence-electron chi connectivity index (χ0n) is 11.2. The molecule has 98 valence electrons. The summed E-state index contributed by atoms with van der Waals surface area (Å²) in [4.78, 5) is 16.2. The number of amides is 1. The van der Waals surface area contributed by atoms with Gasteiger partial charge in [-0.25, -0.2) is 4.98 Å². The number of hydrogen-bond acceptors (Lipinski definition) is 2. The molecule has 1 aromatic rings. The molecule has 1 amide bonds. The van der Waals surface area contributed by atoms with Gasteiger partial charge in [0.25, 0.3) is 0 Å². The number of hydrogen-bond donors (Lipinski definition) is 1. The second-order valence-corrected chi connectivity index (χ2v) is 5.87. The predicted octanol–water partition coefficient (Wildman–Crippen LogP) is 1.81. The lowest BCUT2D eigenvalue weighted by molar-refractivity contribution is -0.123. The van der Waals surface area contributed by atoms with E-state index in [9.17, 15) is 4.79 Å². The van der Waals surface area contributed by atoms with Crippen LogP contribution >= 0.6 is 0 Å². The number of carbonyl (C=O) groups excluding carboxylic acids is 1. The third-order valence-electron chi connectivity index (χ3n) is 4.85. The number of carbonyl (C=O) groups is 1. The van der Waals surface area contributed by atoms with Crippen molar-refractivity contribution in [1.82, 2.24) is 14.9 Å². The molecule has 18 heavy (non-hydrogen) atoms. The van der Waals surface area contributed by atoms with Crippen LogP contribution in [0.25, 0.3) is 0 Å². The van der Waals surface area contributed by atoms with Gasteiger partial charge in [0.15, 0.2) is 0 Å². The summed E-state index contributed by atoms with van der Waals surface area (Å²) in [5.41, 5.74) is 2.69. The first-order valence-electron chi connectivity index (χ1n) is 6.88. The molecule has 1 unspecified atom stereocenters. The van der Waals surface area contributed by atoms with Crippen LogP contribution in [0.3, 0.4) is 0 Å². The Morgan fingerprint density at radius 3 is 2.83 bits per heavy atom. The molecule has 2 aliphatic rings. The normalized spacial score (nSPS) is 23.8. The zero-order valence-corrected chi connectivity index (χ0v) is 11.2. The second kappa shape index (κ2) is 4.11. The maximum Gasteiger partial charge on any atom is 0.223 e. The van der Waals surface area contributed by atoms with Crippen LogP contribution in [0.1, 0.15) is 37.1 Å².